The van der Waals surface area contributed by atoms with Crippen LogP contribution < -0.4 is 14.8 Å². The molecule has 0 saturated heterocycles. The number of hydrogen-bond donors (Lipinski definition) is 1. The molecule has 1 N–H and O–H groups in total. The van der Waals surface area contributed by atoms with Crippen LogP contribution in [0.1, 0.15) is 17.4 Å². The van der Waals surface area contributed by atoms with Crippen LogP contribution in [-0.2, 0) is 0 Å². The van der Waals surface area contributed by atoms with E-state index in [2.05, 4.69) is 15.3 Å². The van der Waals surface area contributed by atoms with Crippen LogP contribution >= 0.6 is 11.6 Å². The molecule has 2 aromatic carbocycles. The summed E-state index contributed by atoms with van der Waals surface area (Å²) in [6.45, 7) is 2.20. The van der Waals surface area contributed by atoms with E-state index < -0.39 is 5.91 Å². The predicted molar refractivity (Wildman–Crippen MR) is 96.7 cm³/mol. The van der Waals surface area contributed by atoms with Crippen molar-refractivity contribution in [2.75, 3.05) is 19.0 Å². The monoisotopic (exact) mass is 357 g/mol. The Morgan fingerprint density at radius 1 is 1.16 bits per heavy atom. The first-order chi connectivity index (χ1) is 12.1. The molecule has 0 radical (unpaired) electrons. The number of amides is 1. The summed E-state index contributed by atoms with van der Waals surface area (Å²) in [6.07, 6.45) is 0. The number of carbonyl (C=O) groups excluding carboxylic acids is 1. The van der Waals surface area contributed by atoms with E-state index in [1.54, 1.807) is 24.3 Å². The lowest BCUT2D eigenvalue weighted by Gasteiger charge is -2.11. The van der Waals surface area contributed by atoms with Crippen molar-refractivity contribution in [3.8, 4) is 11.6 Å². The zero-order chi connectivity index (χ0) is 17.8. The second-order valence-electron chi connectivity index (χ2n) is 5.10. The van der Waals surface area contributed by atoms with E-state index >= 15 is 0 Å². The topological polar surface area (TPSA) is 73.3 Å². The van der Waals surface area contributed by atoms with Crippen LogP contribution in [0.3, 0.4) is 0 Å². The number of nitrogens with zero attached hydrogens (tertiary/aromatic N) is 2. The molecule has 1 aromatic heterocycles. The second kappa shape index (κ2) is 7.36. The first-order valence-corrected chi connectivity index (χ1v) is 8.04. The Kier molecular flexibility index (Phi) is 5.00. The molecule has 0 saturated carbocycles. The highest BCUT2D eigenvalue weighted by molar-refractivity contribution is 6.32. The molecule has 0 unspecified atom stereocenters. The number of rotatable bonds is 5. The molecule has 1 heterocycles. The lowest BCUT2D eigenvalue weighted by atomic mass is 10.2. The lowest BCUT2D eigenvalue weighted by Crippen LogP contribution is -2.16. The van der Waals surface area contributed by atoms with Gasteiger partial charge in [0.2, 0.25) is 5.88 Å². The van der Waals surface area contributed by atoms with Gasteiger partial charge in [-0.1, -0.05) is 23.7 Å². The summed E-state index contributed by atoms with van der Waals surface area (Å²) >= 11 is 6.09. The summed E-state index contributed by atoms with van der Waals surface area (Å²) in [7, 11) is 1.53. The summed E-state index contributed by atoms with van der Waals surface area (Å²) in [4.78, 5) is 21.4. The Morgan fingerprint density at radius 3 is 2.52 bits per heavy atom. The van der Waals surface area contributed by atoms with Gasteiger partial charge in [-0.2, -0.15) is 0 Å². The maximum atomic E-state index is 12.7. The number of anilines is 1. The number of benzene rings is 2. The van der Waals surface area contributed by atoms with Gasteiger partial charge in [0.25, 0.3) is 5.91 Å². The van der Waals surface area contributed by atoms with Gasteiger partial charge in [-0.25, -0.2) is 9.97 Å². The predicted octanol–water partition coefficient (Wildman–Crippen LogP) is 3.94. The SMILES string of the molecule is CCOc1nc2ccccc2nc1C(=O)Nc1ccc(OC)c(Cl)c1. The first kappa shape index (κ1) is 17.0. The number of methoxy groups -OCH3 is 1. The minimum Gasteiger partial charge on any atom is -0.495 e. The maximum Gasteiger partial charge on any atom is 0.279 e. The van der Waals surface area contributed by atoms with E-state index in [4.69, 9.17) is 21.1 Å². The van der Waals surface area contributed by atoms with E-state index in [9.17, 15) is 4.79 Å². The number of ether oxygens (including phenoxy) is 2. The quantitative estimate of drug-likeness (QED) is 0.748. The summed E-state index contributed by atoms with van der Waals surface area (Å²) in [6, 6.07) is 12.3. The van der Waals surface area contributed by atoms with Crippen molar-refractivity contribution >= 4 is 34.2 Å². The van der Waals surface area contributed by atoms with Crippen LogP contribution in [0.5, 0.6) is 11.6 Å². The molecule has 25 heavy (non-hydrogen) atoms. The van der Waals surface area contributed by atoms with Crippen molar-refractivity contribution in [2.24, 2.45) is 0 Å². The third-order valence-corrected chi connectivity index (χ3v) is 3.74. The van der Waals surface area contributed by atoms with Gasteiger partial charge in [0.1, 0.15) is 5.75 Å². The molecule has 3 aromatic rings. The summed E-state index contributed by atoms with van der Waals surface area (Å²) in [5.41, 5.74) is 1.92. The van der Waals surface area contributed by atoms with Crippen molar-refractivity contribution in [3.05, 3.63) is 53.2 Å². The van der Waals surface area contributed by atoms with Crippen LogP contribution in [0, 0.1) is 0 Å². The van der Waals surface area contributed by atoms with E-state index in [-0.39, 0.29) is 11.6 Å². The van der Waals surface area contributed by atoms with E-state index in [0.717, 1.165) is 0 Å². The van der Waals surface area contributed by atoms with E-state index in [0.29, 0.717) is 34.1 Å². The fraction of sp³-hybridized carbons (Fsp3) is 0.167. The molecule has 6 nitrogen and oxygen atoms in total. The van der Waals surface area contributed by atoms with Crippen molar-refractivity contribution in [1.29, 1.82) is 0 Å². The molecule has 3 rings (SSSR count). The maximum absolute atomic E-state index is 12.7. The Balaban J connectivity index is 1.95. The summed E-state index contributed by atoms with van der Waals surface area (Å²) in [5, 5.41) is 3.15. The lowest BCUT2D eigenvalue weighted by molar-refractivity contribution is 0.101. The van der Waals surface area contributed by atoms with Crippen molar-refractivity contribution in [1.82, 2.24) is 9.97 Å². The first-order valence-electron chi connectivity index (χ1n) is 7.67. The fourth-order valence-corrected chi connectivity index (χ4v) is 2.56. The second-order valence-corrected chi connectivity index (χ2v) is 5.51. The summed E-state index contributed by atoms with van der Waals surface area (Å²) < 4.78 is 10.6. The van der Waals surface area contributed by atoms with Crippen LogP contribution in [-0.4, -0.2) is 29.6 Å². The smallest absolute Gasteiger partial charge is 0.279 e. The van der Waals surface area contributed by atoms with Crippen molar-refractivity contribution in [2.45, 2.75) is 6.92 Å². The average molecular weight is 358 g/mol. The van der Waals surface area contributed by atoms with Crippen molar-refractivity contribution < 1.29 is 14.3 Å². The molecule has 0 atom stereocenters. The Bertz CT molecular complexity index is 931. The highest BCUT2D eigenvalue weighted by Gasteiger charge is 2.18. The van der Waals surface area contributed by atoms with Crippen LogP contribution in [0.4, 0.5) is 5.69 Å². The Labute approximate surface area is 149 Å². The zero-order valence-electron chi connectivity index (χ0n) is 13.7. The molecule has 0 aliphatic rings. The third-order valence-electron chi connectivity index (χ3n) is 3.44. The largest absolute Gasteiger partial charge is 0.495 e. The normalized spacial score (nSPS) is 10.5. The number of nitrogens with one attached hydrogen (secondary N) is 1. The number of fused-ring (bicyclic) bond motifs is 1. The van der Waals surface area contributed by atoms with Crippen LogP contribution in [0.25, 0.3) is 11.0 Å². The number of para-hydroxylation sites is 2. The molecule has 0 bridgehead atoms. The third kappa shape index (κ3) is 3.64. The molecule has 0 spiro atoms. The number of halogens is 1. The Morgan fingerprint density at radius 2 is 1.88 bits per heavy atom. The minimum absolute atomic E-state index is 0.118. The van der Waals surface area contributed by atoms with Crippen LogP contribution in [0.2, 0.25) is 5.02 Å². The Hall–Kier alpha value is -2.86. The van der Waals surface area contributed by atoms with E-state index in [1.807, 2.05) is 25.1 Å². The van der Waals surface area contributed by atoms with Gasteiger partial charge in [-0.3, -0.25) is 4.79 Å². The highest BCUT2D eigenvalue weighted by Crippen LogP contribution is 2.28. The van der Waals surface area contributed by atoms with Crippen LogP contribution in [0.15, 0.2) is 42.5 Å². The number of carbonyl (C=O) groups is 1. The van der Waals surface area contributed by atoms with Gasteiger partial charge >= 0.3 is 0 Å². The minimum atomic E-state index is -0.428. The molecule has 0 aliphatic carbocycles. The van der Waals surface area contributed by atoms with Gasteiger partial charge in [0, 0.05) is 5.69 Å². The zero-order valence-corrected chi connectivity index (χ0v) is 14.5. The van der Waals surface area contributed by atoms with E-state index in [1.165, 1.54) is 7.11 Å². The fourth-order valence-electron chi connectivity index (χ4n) is 2.30. The molecular formula is C18H16ClN3O3. The number of hydrogen-bond acceptors (Lipinski definition) is 5. The molecule has 128 valence electrons. The molecule has 0 fully saturated rings. The number of aromatic nitrogens is 2. The molecule has 0 aliphatic heterocycles. The molecule has 7 heteroatoms. The average Bonchev–Trinajstić information content (AvgIpc) is 2.61. The van der Waals surface area contributed by atoms with Gasteiger partial charge in [0.15, 0.2) is 5.69 Å². The highest BCUT2D eigenvalue weighted by atomic mass is 35.5. The summed E-state index contributed by atoms with van der Waals surface area (Å²) in [5.74, 6) is 0.293. The standard InChI is InChI=1S/C18H16ClN3O3/c1-3-25-18-16(21-13-6-4-5-7-14(13)22-18)17(23)20-11-8-9-15(24-2)12(19)10-11/h4-10H,3H2,1-2H3,(H,20,23). The molecule has 1 amide bonds. The van der Waals surface area contributed by atoms with Gasteiger partial charge in [-0.15, -0.1) is 0 Å². The van der Waals surface area contributed by atoms with Crippen molar-refractivity contribution in [3.63, 3.8) is 0 Å². The van der Waals surface area contributed by atoms with Gasteiger partial charge < -0.3 is 14.8 Å². The van der Waals surface area contributed by atoms with Gasteiger partial charge in [-0.05, 0) is 37.3 Å². The van der Waals surface area contributed by atoms with Gasteiger partial charge in [0.05, 0.1) is 29.8 Å². The molecular weight excluding hydrogens is 342 g/mol.